The number of carbonyl (C=O) groups is 1. The molecular formula is C8H11ClN2O3. The molecule has 4 N–H and O–H groups in total. The van der Waals surface area contributed by atoms with E-state index in [0.717, 1.165) is 5.56 Å². The number of hydrogen-bond donors (Lipinski definition) is 2. The quantitative estimate of drug-likeness (QED) is 0.422. The Bertz CT molecular complexity index is 290. The fourth-order valence-corrected chi connectivity index (χ4v) is 0.684. The van der Waals surface area contributed by atoms with Gasteiger partial charge in [0.15, 0.2) is 0 Å². The number of nitrogens with zero attached hydrogens (tertiary/aromatic N) is 1. The fourth-order valence-electron chi connectivity index (χ4n) is 0.684. The predicted molar refractivity (Wildman–Crippen MR) is 54.1 cm³/mol. The van der Waals surface area contributed by atoms with Gasteiger partial charge in [0.25, 0.3) is 5.91 Å². The lowest BCUT2D eigenvalue weighted by molar-refractivity contribution is -0.124. The van der Waals surface area contributed by atoms with Gasteiger partial charge in [0, 0.05) is 18.5 Å². The van der Waals surface area contributed by atoms with Crippen molar-refractivity contribution >= 4 is 24.4 Å². The van der Waals surface area contributed by atoms with Crippen molar-refractivity contribution in [3.8, 4) is 0 Å². The van der Waals surface area contributed by atoms with Crippen LogP contribution in [0.1, 0.15) is 5.56 Å². The van der Waals surface area contributed by atoms with Crippen LogP contribution in [0.15, 0.2) is 30.6 Å². The third-order valence-corrected chi connectivity index (χ3v) is 1.24. The topological polar surface area (TPSA) is 93.7 Å². The van der Waals surface area contributed by atoms with Crippen LogP contribution in [0.4, 0.5) is 0 Å². The molecule has 6 heteroatoms. The summed E-state index contributed by atoms with van der Waals surface area (Å²) in [6, 6.07) is 3.50. The zero-order valence-electron chi connectivity index (χ0n) is 7.18. The minimum atomic E-state index is -0.549. The number of pyridine rings is 1. The van der Waals surface area contributed by atoms with Crippen molar-refractivity contribution in [2.75, 3.05) is 0 Å². The Hall–Kier alpha value is -1.43. The van der Waals surface area contributed by atoms with E-state index < -0.39 is 5.91 Å². The van der Waals surface area contributed by atoms with Gasteiger partial charge >= 0.3 is 0 Å². The van der Waals surface area contributed by atoms with E-state index in [-0.39, 0.29) is 17.9 Å². The van der Waals surface area contributed by atoms with Crippen molar-refractivity contribution in [1.29, 1.82) is 0 Å². The average molecular weight is 219 g/mol. The number of aromatic nitrogens is 1. The second kappa shape index (κ2) is 8.18. The Labute approximate surface area is 87.1 Å². The van der Waals surface area contributed by atoms with Gasteiger partial charge < -0.3 is 5.48 Å². The summed E-state index contributed by atoms with van der Waals surface area (Å²) >= 11 is 0. The Kier molecular flexibility index (Phi) is 8.80. The lowest BCUT2D eigenvalue weighted by atomic mass is 10.2. The molecule has 0 bridgehead atoms. The maximum absolute atomic E-state index is 10.5. The highest BCUT2D eigenvalue weighted by molar-refractivity contribution is 5.90. The SMILES string of the molecule is Cl.O.O=C(/C=C/c1ccncc1)NO. The molecule has 0 aliphatic carbocycles. The fraction of sp³-hybridized carbons (Fsp3) is 0. The molecule has 0 atom stereocenters. The first-order valence-corrected chi connectivity index (χ1v) is 3.35. The molecule has 0 aromatic carbocycles. The van der Waals surface area contributed by atoms with E-state index in [9.17, 15) is 4.79 Å². The monoisotopic (exact) mass is 218 g/mol. The van der Waals surface area contributed by atoms with E-state index in [1.54, 1.807) is 30.6 Å². The first-order chi connectivity index (χ1) is 5.83. The molecule has 1 amide bonds. The van der Waals surface area contributed by atoms with Crippen LogP contribution in [0, 0.1) is 0 Å². The van der Waals surface area contributed by atoms with Crippen molar-refractivity contribution in [2.24, 2.45) is 0 Å². The number of hydrogen-bond acceptors (Lipinski definition) is 3. The van der Waals surface area contributed by atoms with E-state index in [1.165, 1.54) is 11.6 Å². The van der Waals surface area contributed by atoms with E-state index >= 15 is 0 Å². The lowest BCUT2D eigenvalue weighted by Gasteiger charge is -1.90. The minimum Gasteiger partial charge on any atom is -0.412 e. The molecule has 0 aliphatic heterocycles. The maximum atomic E-state index is 10.5. The molecule has 0 radical (unpaired) electrons. The highest BCUT2D eigenvalue weighted by atomic mass is 35.5. The second-order valence-electron chi connectivity index (χ2n) is 2.09. The smallest absolute Gasteiger partial charge is 0.267 e. The standard InChI is InChI=1S/C8H8N2O2.ClH.H2O/c11-8(10-12)2-1-7-3-5-9-6-4-7;;/h1-6,12H,(H,10,11);1H;1H2/b2-1+;;. The molecule has 0 unspecified atom stereocenters. The summed E-state index contributed by atoms with van der Waals surface area (Å²) < 4.78 is 0. The average Bonchev–Trinajstić information content (AvgIpc) is 2.16. The van der Waals surface area contributed by atoms with Crippen molar-refractivity contribution in [1.82, 2.24) is 10.5 Å². The summed E-state index contributed by atoms with van der Waals surface area (Å²) in [6.07, 6.45) is 6.05. The Morgan fingerprint density at radius 2 is 2.00 bits per heavy atom. The zero-order valence-corrected chi connectivity index (χ0v) is 7.99. The van der Waals surface area contributed by atoms with Gasteiger partial charge in [-0.3, -0.25) is 15.0 Å². The molecule has 0 fully saturated rings. The van der Waals surface area contributed by atoms with Gasteiger partial charge in [-0.25, -0.2) is 5.48 Å². The molecule has 1 aromatic rings. The largest absolute Gasteiger partial charge is 0.412 e. The number of hydroxylamine groups is 1. The van der Waals surface area contributed by atoms with Crippen LogP contribution in [0.3, 0.4) is 0 Å². The van der Waals surface area contributed by atoms with Crippen LogP contribution in [0.5, 0.6) is 0 Å². The van der Waals surface area contributed by atoms with E-state index in [4.69, 9.17) is 5.21 Å². The molecule has 0 saturated carbocycles. The van der Waals surface area contributed by atoms with Gasteiger partial charge in [-0.1, -0.05) is 0 Å². The first-order valence-electron chi connectivity index (χ1n) is 3.35. The van der Waals surface area contributed by atoms with Crippen LogP contribution >= 0.6 is 12.4 Å². The van der Waals surface area contributed by atoms with E-state index in [0.29, 0.717) is 0 Å². The van der Waals surface area contributed by atoms with Crippen molar-refractivity contribution in [3.05, 3.63) is 36.2 Å². The number of amides is 1. The molecule has 0 saturated heterocycles. The van der Waals surface area contributed by atoms with E-state index in [1.807, 2.05) is 0 Å². The normalized spacial score (nSPS) is 8.64. The molecule has 78 valence electrons. The number of nitrogens with one attached hydrogen (secondary N) is 1. The highest BCUT2D eigenvalue weighted by Gasteiger charge is 1.89. The van der Waals surface area contributed by atoms with Crippen LogP contribution in [0.25, 0.3) is 6.08 Å². The second-order valence-corrected chi connectivity index (χ2v) is 2.09. The maximum Gasteiger partial charge on any atom is 0.267 e. The van der Waals surface area contributed by atoms with Gasteiger partial charge in [-0.15, -0.1) is 12.4 Å². The molecule has 5 nitrogen and oxygen atoms in total. The summed E-state index contributed by atoms with van der Waals surface area (Å²) in [6.45, 7) is 0. The zero-order chi connectivity index (χ0) is 8.81. The summed E-state index contributed by atoms with van der Waals surface area (Å²) in [4.78, 5) is 14.3. The Morgan fingerprint density at radius 3 is 2.50 bits per heavy atom. The summed E-state index contributed by atoms with van der Waals surface area (Å²) in [5.74, 6) is -0.549. The Morgan fingerprint density at radius 1 is 1.43 bits per heavy atom. The summed E-state index contributed by atoms with van der Waals surface area (Å²) in [5, 5.41) is 8.15. The summed E-state index contributed by atoms with van der Waals surface area (Å²) in [7, 11) is 0. The van der Waals surface area contributed by atoms with Crippen molar-refractivity contribution < 1.29 is 15.5 Å². The summed E-state index contributed by atoms with van der Waals surface area (Å²) in [5.41, 5.74) is 2.35. The third kappa shape index (κ3) is 5.26. The Balaban J connectivity index is 0. The van der Waals surface area contributed by atoms with Crippen LogP contribution in [0.2, 0.25) is 0 Å². The molecule has 1 rings (SSSR count). The minimum absolute atomic E-state index is 0. The molecule has 14 heavy (non-hydrogen) atoms. The third-order valence-electron chi connectivity index (χ3n) is 1.24. The predicted octanol–water partition coefficient (Wildman–Crippen LogP) is 0.197. The van der Waals surface area contributed by atoms with E-state index in [2.05, 4.69) is 4.98 Å². The van der Waals surface area contributed by atoms with Crippen molar-refractivity contribution in [2.45, 2.75) is 0 Å². The van der Waals surface area contributed by atoms with Gasteiger partial charge in [0.2, 0.25) is 0 Å². The van der Waals surface area contributed by atoms with Crippen LogP contribution in [-0.4, -0.2) is 21.6 Å². The number of carbonyl (C=O) groups excluding carboxylic acids is 1. The molecule has 0 spiro atoms. The molecule has 1 heterocycles. The molecular weight excluding hydrogens is 208 g/mol. The van der Waals surface area contributed by atoms with Gasteiger partial charge in [0.05, 0.1) is 0 Å². The lowest BCUT2D eigenvalue weighted by Crippen LogP contribution is -2.14. The highest BCUT2D eigenvalue weighted by Crippen LogP contribution is 1.97. The van der Waals surface area contributed by atoms with Gasteiger partial charge in [0.1, 0.15) is 0 Å². The molecule has 1 aromatic heterocycles. The number of halogens is 1. The van der Waals surface area contributed by atoms with Gasteiger partial charge in [-0.2, -0.15) is 0 Å². The van der Waals surface area contributed by atoms with Crippen molar-refractivity contribution in [3.63, 3.8) is 0 Å². The molecule has 0 aliphatic rings. The van der Waals surface area contributed by atoms with Gasteiger partial charge in [-0.05, 0) is 23.8 Å². The van der Waals surface area contributed by atoms with Crippen LogP contribution in [-0.2, 0) is 4.79 Å². The first kappa shape index (κ1) is 15.1. The number of rotatable bonds is 2. The van der Waals surface area contributed by atoms with Crippen LogP contribution < -0.4 is 5.48 Å².